The Hall–Kier alpha value is -1.09. The molecule has 0 spiro atoms. The SMILES string of the molecule is CCN(Cc1cccc(N)c1F)C(C)C. The number of nitrogen functional groups attached to an aromatic ring is 1. The third-order valence-electron chi connectivity index (χ3n) is 2.62. The molecule has 0 saturated carbocycles. The van der Waals surface area contributed by atoms with Gasteiger partial charge in [0.05, 0.1) is 5.69 Å². The fraction of sp³-hybridized carbons (Fsp3) is 0.500. The van der Waals surface area contributed by atoms with E-state index in [9.17, 15) is 4.39 Å². The summed E-state index contributed by atoms with van der Waals surface area (Å²) in [6, 6.07) is 5.58. The van der Waals surface area contributed by atoms with E-state index in [4.69, 9.17) is 5.73 Å². The zero-order valence-corrected chi connectivity index (χ0v) is 9.63. The van der Waals surface area contributed by atoms with Crippen LogP contribution in [0.2, 0.25) is 0 Å². The van der Waals surface area contributed by atoms with Crippen molar-refractivity contribution in [3.63, 3.8) is 0 Å². The fourth-order valence-corrected chi connectivity index (χ4v) is 1.60. The van der Waals surface area contributed by atoms with Crippen LogP contribution in [0.3, 0.4) is 0 Å². The van der Waals surface area contributed by atoms with E-state index in [0.29, 0.717) is 18.2 Å². The van der Waals surface area contributed by atoms with Gasteiger partial charge in [0.25, 0.3) is 0 Å². The second-order valence-electron chi connectivity index (χ2n) is 3.98. The molecule has 1 aromatic rings. The molecule has 0 heterocycles. The van der Waals surface area contributed by atoms with Crippen LogP contribution < -0.4 is 5.73 Å². The number of anilines is 1. The summed E-state index contributed by atoms with van der Waals surface area (Å²) in [5.41, 5.74) is 6.42. The van der Waals surface area contributed by atoms with E-state index in [0.717, 1.165) is 6.54 Å². The van der Waals surface area contributed by atoms with Gasteiger partial charge in [-0.05, 0) is 26.5 Å². The van der Waals surface area contributed by atoms with Gasteiger partial charge >= 0.3 is 0 Å². The van der Waals surface area contributed by atoms with Crippen LogP contribution in [-0.2, 0) is 6.54 Å². The maximum Gasteiger partial charge on any atom is 0.150 e. The highest BCUT2D eigenvalue weighted by Crippen LogP contribution is 2.17. The lowest BCUT2D eigenvalue weighted by Crippen LogP contribution is -2.30. The maximum absolute atomic E-state index is 13.6. The van der Waals surface area contributed by atoms with Gasteiger partial charge in [0.2, 0.25) is 0 Å². The average Bonchev–Trinajstić information content (AvgIpc) is 2.19. The van der Waals surface area contributed by atoms with Gasteiger partial charge in [-0.3, -0.25) is 4.90 Å². The predicted octanol–water partition coefficient (Wildman–Crippen LogP) is 2.64. The lowest BCUT2D eigenvalue weighted by molar-refractivity contribution is 0.222. The van der Waals surface area contributed by atoms with Crippen molar-refractivity contribution in [2.75, 3.05) is 12.3 Å². The number of nitrogens with two attached hydrogens (primary N) is 1. The Morgan fingerprint density at radius 2 is 2.07 bits per heavy atom. The van der Waals surface area contributed by atoms with E-state index in [1.54, 1.807) is 18.2 Å². The van der Waals surface area contributed by atoms with Gasteiger partial charge in [-0.25, -0.2) is 4.39 Å². The molecule has 0 unspecified atom stereocenters. The van der Waals surface area contributed by atoms with Gasteiger partial charge in [-0.15, -0.1) is 0 Å². The Morgan fingerprint density at radius 3 is 2.60 bits per heavy atom. The molecule has 2 N–H and O–H groups in total. The van der Waals surface area contributed by atoms with Crippen LogP contribution in [0.25, 0.3) is 0 Å². The highest BCUT2D eigenvalue weighted by molar-refractivity contribution is 5.42. The molecule has 0 atom stereocenters. The second kappa shape index (κ2) is 5.12. The smallest absolute Gasteiger partial charge is 0.150 e. The molecular weight excluding hydrogens is 191 g/mol. The van der Waals surface area contributed by atoms with Crippen LogP contribution in [0.1, 0.15) is 26.3 Å². The second-order valence-corrected chi connectivity index (χ2v) is 3.98. The van der Waals surface area contributed by atoms with Crippen molar-refractivity contribution in [1.29, 1.82) is 0 Å². The molecule has 0 aliphatic rings. The third-order valence-corrected chi connectivity index (χ3v) is 2.62. The van der Waals surface area contributed by atoms with Crippen LogP contribution in [-0.4, -0.2) is 17.5 Å². The maximum atomic E-state index is 13.6. The number of hydrogen-bond acceptors (Lipinski definition) is 2. The minimum absolute atomic E-state index is 0.229. The van der Waals surface area contributed by atoms with Crippen LogP contribution in [0.4, 0.5) is 10.1 Å². The van der Waals surface area contributed by atoms with Gasteiger partial charge in [0.15, 0.2) is 5.82 Å². The molecule has 2 nitrogen and oxygen atoms in total. The number of hydrogen-bond donors (Lipinski definition) is 1. The molecule has 0 radical (unpaired) electrons. The number of halogens is 1. The fourth-order valence-electron chi connectivity index (χ4n) is 1.60. The summed E-state index contributed by atoms with van der Waals surface area (Å²) < 4.78 is 13.6. The lowest BCUT2D eigenvalue weighted by Gasteiger charge is -2.25. The largest absolute Gasteiger partial charge is 0.396 e. The molecule has 1 rings (SSSR count). The van der Waals surface area contributed by atoms with Crippen molar-refractivity contribution in [2.45, 2.75) is 33.4 Å². The van der Waals surface area contributed by atoms with Gasteiger partial charge in [0.1, 0.15) is 0 Å². The van der Waals surface area contributed by atoms with Crippen molar-refractivity contribution in [1.82, 2.24) is 4.90 Å². The van der Waals surface area contributed by atoms with Crippen molar-refractivity contribution in [3.8, 4) is 0 Å². The quantitative estimate of drug-likeness (QED) is 0.774. The Balaban J connectivity index is 2.84. The topological polar surface area (TPSA) is 29.3 Å². The van der Waals surface area contributed by atoms with Crippen LogP contribution in [0.15, 0.2) is 18.2 Å². The summed E-state index contributed by atoms with van der Waals surface area (Å²) in [6.45, 7) is 7.81. The molecule has 3 heteroatoms. The normalized spacial score (nSPS) is 11.3. The van der Waals surface area contributed by atoms with Crippen molar-refractivity contribution >= 4 is 5.69 Å². The van der Waals surface area contributed by atoms with E-state index in [1.807, 2.05) is 0 Å². The Labute approximate surface area is 90.9 Å². The molecule has 0 fully saturated rings. The van der Waals surface area contributed by atoms with E-state index in [1.165, 1.54) is 0 Å². The highest BCUT2D eigenvalue weighted by atomic mass is 19.1. The minimum atomic E-state index is -0.281. The molecule has 0 saturated heterocycles. The molecular formula is C12H19FN2. The van der Waals surface area contributed by atoms with E-state index >= 15 is 0 Å². The summed E-state index contributed by atoms with van der Waals surface area (Å²) in [5, 5.41) is 0. The van der Waals surface area contributed by atoms with Crippen LogP contribution in [0, 0.1) is 5.82 Å². The monoisotopic (exact) mass is 210 g/mol. The molecule has 1 aromatic carbocycles. The number of benzene rings is 1. The molecule has 0 bridgehead atoms. The first-order valence-corrected chi connectivity index (χ1v) is 5.33. The van der Waals surface area contributed by atoms with Gasteiger partial charge in [-0.2, -0.15) is 0 Å². The molecule has 0 aromatic heterocycles. The van der Waals surface area contributed by atoms with Crippen molar-refractivity contribution in [3.05, 3.63) is 29.6 Å². The average molecular weight is 210 g/mol. The summed E-state index contributed by atoms with van der Waals surface area (Å²) in [5.74, 6) is -0.281. The molecule has 0 amide bonds. The summed E-state index contributed by atoms with van der Waals surface area (Å²) in [7, 11) is 0. The summed E-state index contributed by atoms with van der Waals surface area (Å²) >= 11 is 0. The van der Waals surface area contributed by atoms with Gasteiger partial charge < -0.3 is 5.73 Å². The zero-order valence-electron chi connectivity index (χ0n) is 9.63. The zero-order chi connectivity index (χ0) is 11.4. The van der Waals surface area contributed by atoms with Crippen LogP contribution in [0.5, 0.6) is 0 Å². The predicted molar refractivity (Wildman–Crippen MR) is 62.0 cm³/mol. The first-order valence-electron chi connectivity index (χ1n) is 5.33. The molecule has 84 valence electrons. The van der Waals surface area contributed by atoms with E-state index in [2.05, 4.69) is 25.7 Å². The summed E-state index contributed by atoms with van der Waals surface area (Å²) in [6.07, 6.45) is 0. The standard InChI is InChI=1S/C12H19FN2/c1-4-15(9(2)3)8-10-6-5-7-11(14)12(10)13/h5-7,9H,4,8,14H2,1-3H3. The van der Waals surface area contributed by atoms with Crippen LogP contribution >= 0.6 is 0 Å². The van der Waals surface area contributed by atoms with Crippen molar-refractivity contribution < 1.29 is 4.39 Å². The first kappa shape index (κ1) is 12.0. The Kier molecular flexibility index (Phi) is 4.09. The van der Waals surface area contributed by atoms with Crippen molar-refractivity contribution in [2.24, 2.45) is 0 Å². The minimum Gasteiger partial charge on any atom is -0.396 e. The van der Waals surface area contributed by atoms with E-state index in [-0.39, 0.29) is 11.5 Å². The van der Waals surface area contributed by atoms with Gasteiger partial charge in [0, 0.05) is 18.2 Å². The summed E-state index contributed by atoms with van der Waals surface area (Å²) in [4.78, 5) is 2.19. The Morgan fingerprint density at radius 1 is 1.40 bits per heavy atom. The highest BCUT2D eigenvalue weighted by Gasteiger charge is 2.11. The molecule has 15 heavy (non-hydrogen) atoms. The molecule has 0 aliphatic carbocycles. The molecule has 0 aliphatic heterocycles. The third kappa shape index (κ3) is 2.93. The first-order chi connectivity index (χ1) is 7.06. The van der Waals surface area contributed by atoms with Gasteiger partial charge in [-0.1, -0.05) is 19.1 Å². The Bertz CT molecular complexity index is 323. The number of rotatable bonds is 4. The number of nitrogens with zero attached hydrogens (tertiary/aromatic N) is 1. The lowest BCUT2D eigenvalue weighted by atomic mass is 10.1. The van der Waals surface area contributed by atoms with E-state index < -0.39 is 0 Å².